The summed E-state index contributed by atoms with van der Waals surface area (Å²) in [5.41, 5.74) is 1.48. The van der Waals surface area contributed by atoms with Crippen molar-refractivity contribution >= 4 is 29.1 Å². The summed E-state index contributed by atoms with van der Waals surface area (Å²) in [4.78, 5) is 37.6. The molecular weight excluding hydrogens is 290 g/mol. The van der Waals surface area contributed by atoms with Crippen molar-refractivity contribution in [2.75, 3.05) is 0 Å². The molecule has 5 nitrogen and oxygen atoms in total. The molecule has 2 aromatic rings. The van der Waals surface area contributed by atoms with E-state index in [9.17, 15) is 14.4 Å². The predicted molar refractivity (Wildman–Crippen MR) is 76.7 cm³/mol. The van der Waals surface area contributed by atoms with Crippen LogP contribution in [0.25, 0.3) is 0 Å². The van der Waals surface area contributed by atoms with E-state index in [1.165, 1.54) is 6.07 Å². The lowest BCUT2D eigenvalue weighted by Gasteiger charge is -2.13. The first-order valence-corrected chi connectivity index (χ1v) is 7.08. The van der Waals surface area contributed by atoms with Crippen molar-refractivity contribution in [3.63, 3.8) is 0 Å². The van der Waals surface area contributed by atoms with Gasteiger partial charge in [-0.3, -0.25) is 14.5 Å². The minimum atomic E-state index is -1.00. The highest BCUT2D eigenvalue weighted by molar-refractivity contribution is 7.14. The Balaban J connectivity index is 1.92. The van der Waals surface area contributed by atoms with Crippen LogP contribution < -0.4 is 0 Å². The fraction of sp³-hybridized carbons (Fsp3) is 0.133. The van der Waals surface area contributed by atoms with E-state index in [4.69, 9.17) is 5.11 Å². The molecule has 1 N–H and O–H groups in total. The summed E-state index contributed by atoms with van der Waals surface area (Å²) in [6.07, 6.45) is 0. The standard InChI is InChI=1S/C15H11NO4S/c1-8-9(6-12(21-8)15(19)20)7-16-13(17)10-4-2-3-5-11(10)14(16)18/h2-6H,7H2,1H3,(H,19,20). The van der Waals surface area contributed by atoms with Crippen LogP contribution in [0, 0.1) is 6.92 Å². The number of carbonyl (C=O) groups excluding carboxylic acids is 2. The highest BCUT2D eigenvalue weighted by Gasteiger charge is 2.35. The Morgan fingerprint density at radius 2 is 1.76 bits per heavy atom. The molecule has 0 aliphatic carbocycles. The molecule has 0 atom stereocenters. The summed E-state index contributed by atoms with van der Waals surface area (Å²) in [5.74, 6) is -1.67. The average Bonchev–Trinajstić information content (AvgIpc) is 2.94. The molecule has 21 heavy (non-hydrogen) atoms. The van der Waals surface area contributed by atoms with Crippen LogP contribution in [0.1, 0.15) is 40.8 Å². The molecule has 1 aliphatic heterocycles. The number of rotatable bonds is 3. The van der Waals surface area contributed by atoms with Crippen LogP contribution >= 0.6 is 11.3 Å². The Labute approximate surface area is 124 Å². The van der Waals surface area contributed by atoms with Gasteiger partial charge in [0.2, 0.25) is 0 Å². The van der Waals surface area contributed by atoms with Gasteiger partial charge < -0.3 is 5.11 Å². The summed E-state index contributed by atoms with van der Waals surface area (Å²) in [6, 6.07) is 8.20. The van der Waals surface area contributed by atoms with Crippen molar-refractivity contribution < 1.29 is 19.5 Å². The van der Waals surface area contributed by atoms with E-state index in [0.29, 0.717) is 16.7 Å². The quantitative estimate of drug-likeness (QED) is 0.884. The van der Waals surface area contributed by atoms with Crippen molar-refractivity contribution in [1.29, 1.82) is 0 Å². The molecule has 0 radical (unpaired) electrons. The van der Waals surface area contributed by atoms with E-state index in [-0.39, 0.29) is 23.2 Å². The number of imide groups is 1. The Hall–Kier alpha value is -2.47. The number of carbonyl (C=O) groups is 3. The molecule has 6 heteroatoms. The van der Waals surface area contributed by atoms with Crippen LogP contribution in [0.4, 0.5) is 0 Å². The number of thiophene rings is 1. The smallest absolute Gasteiger partial charge is 0.345 e. The number of fused-ring (bicyclic) bond motifs is 1. The molecule has 0 unspecified atom stereocenters. The van der Waals surface area contributed by atoms with Crippen molar-refractivity contribution in [2.24, 2.45) is 0 Å². The highest BCUT2D eigenvalue weighted by atomic mass is 32.1. The normalized spacial score (nSPS) is 13.7. The van der Waals surface area contributed by atoms with Crippen molar-refractivity contribution in [3.05, 3.63) is 56.8 Å². The minimum absolute atomic E-state index is 0.0992. The van der Waals surface area contributed by atoms with E-state index in [0.717, 1.165) is 21.1 Å². The second-order valence-corrected chi connectivity index (χ2v) is 6.00. The van der Waals surface area contributed by atoms with Gasteiger partial charge in [-0.25, -0.2) is 4.79 Å². The number of nitrogens with zero attached hydrogens (tertiary/aromatic N) is 1. The van der Waals surface area contributed by atoms with Crippen LogP contribution in [0.3, 0.4) is 0 Å². The van der Waals surface area contributed by atoms with Gasteiger partial charge in [-0.05, 0) is 30.7 Å². The Kier molecular flexibility index (Phi) is 3.10. The third-order valence-corrected chi connectivity index (χ3v) is 4.52. The Morgan fingerprint density at radius 3 is 2.24 bits per heavy atom. The van der Waals surface area contributed by atoms with E-state index in [2.05, 4.69) is 0 Å². The Morgan fingerprint density at radius 1 is 1.19 bits per heavy atom. The molecule has 106 valence electrons. The molecule has 0 spiro atoms. The van der Waals surface area contributed by atoms with Crippen LogP contribution in [0.5, 0.6) is 0 Å². The predicted octanol–water partition coefficient (Wildman–Crippen LogP) is 2.55. The first-order chi connectivity index (χ1) is 9.99. The maximum absolute atomic E-state index is 12.3. The number of benzene rings is 1. The third kappa shape index (κ3) is 2.13. The molecule has 1 aliphatic rings. The van der Waals surface area contributed by atoms with Gasteiger partial charge in [0.05, 0.1) is 17.7 Å². The maximum atomic E-state index is 12.3. The topological polar surface area (TPSA) is 74.7 Å². The molecule has 1 aromatic heterocycles. The largest absolute Gasteiger partial charge is 0.477 e. The van der Waals surface area contributed by atoms with Gasteiger partial charge in [0.1, 0.15) is 4.88 Å². The fourth-order valence-corrected chi connectivity index (χ4v) is 3.21. The van der Waals surface area contributed by atoms with Crippen molar-refractivity contribution in [1.82, 2.24) is 4.90 Å². The second-order valence-electron chi connectivity index (χ2n) is 4.74. The van der Waals surface area contributed by atoms with Crippen LogP contribution in [0.15, 0.2) is 30.3 Å². The van der Waals surface area contributed by atoms with Gasteiger partial charge in [-0.1, -0.05) is 12.1 Å². The zero-order chi connectivity index (χ0) is 15.1. The van der Waals surface area contributed by atoms with E-state index < -0.39 is 5.97 Å². The second kappa shape index (κ2) is 4.82. The van der Waals surface area contributed by atoms with Crippen LogP contribution in [-0.4, -0.2) is 27.8 Å². The van der Waals surface area contributed by atoms with E-state index >= 15 is 0 Å². The number of aryl methyl sites for hydroxylation is 1. The summed E-state index contributed by atoms with van der Waals surface area (Å²) < 4.78 is 0. The summed E-state index contributed by atoms with van der Waals surface area (Å²) in [7, 11) is 0. The molecule has 2 heterocycles. The number of hydrogen-bond donors (Lipinski definition) is 1. The lowest BCUT2D eigenvalue weighted by Crippen LogP contribution is -2.29. The molecule has 0 saturated carbocycles. The molecule has 1 aromatic carbocycles. The molecule has 0 saturated heterocycles. The summed E-state index contributed by atoms with van der Waals surface area (Å²) in [5, 5.41) is 8.99. The average molecular weight is 301 g/mol. The number of amides is 2. The van der Waals surface area contributed by atoms with Gasteiger partial charge in [0, 0.05) is 4.88 Å². The number of hydrogen-bond acceptors (Lipinski definition) is 4. The number of carboxylic acids is 1. The summed E-state index contributed by atoms with van der Waals surface area (Å²) in [6.45, 7) is 1.88. The van der Waals surface area contributed by atoms with Crippen LogP contribution in [-0.2, 0) is 6.54 Å². The Bertz CT molecular complexity index is 743. The number of aromatic carboxylic acids is 1. The van der Waals surface area contributed by atoms with Gasteiger partial charge in [0.25, 0.3) is 11.8 Å². The highest BCUT2D eigenvalue weighted by Crippen LogP contribution is 2.28. The van der Waals surface area contributed by atoms with Gasteiger partial charge >= 0.3 is 5.97 Å². The first kappa shape index (κ1) is 13.5. The molecule has 0 bridgehead atoms. The van der Waals surface area contributed by atoms with Crippen molar-refractivity contribution in [2.45, 2.75) is 13.5 Å². The van der Waals surface area contributed by atoms with E-state index in [1.807, 2.05) is 0 Å². The van der Waals surface area contributed by atoms with Gasteiger partial charge in [-0.2, -0.15) is 0 Å². The molecule has 0 fully saturated rings. The minimum Gasteiger partial charge on any atom is -0.477 e. The molecular formula is C15H11NO4S. The summed E-state index contributed by atoms with van der Waals surface area (Å²) >= 11 is 1.14. The molecule has 3 rings (SSSR count). The van der Waals surface area contributed by atoms with E-state index in [1.54, 1.807) is 31.2 Å². The molecule has 2 amide bonds. The maximum Gasteiger partial charge on any atom is 0.345 e. The zero-order valence-electron chi connectivity index (χ0n) is 11.1. The van der Waals surface area contributed by atoms with Gasteiger partial charge in [-0.15, -0.1) is 11.3 Å². The zero-order valence-corrected chi connectivity index (χ0v) is 11.9. The fourth-order valence-electron chi connectivity index (χ4n) is 2.34. The van der Waals surface area contributed by atoms with Crippen molar-refractivity contribution in [3.8, 4) is 0 Å². The lowest BCUT2D eigenvalue weighted by atomic mass is 10.1. The monoisotopic (exact) mass is 301 g/mol. The SMILES string of the molecule is Cc1sc(C(=O)O)cc1CN1C(=O)c2ccccc2C1=O. The lowest BCUT2D eigenvalue weighted by molar-refractivity contribution is 0.0641. The van der Waals surface area contributed by atoms with Crippen LogP contribution in [0.2, 0.25) is 0 Å². The van der Waals surface area contributed by atoms with Gasteiger partial charge in [0.15, 0.2) is 0 Å². The first-order valence-electron chi connectivity index (χ1n) is 6.27. The third-order valence-electron chi connectivity index (χ3n) is 3.44. The number of carboxylic acid groups (broad SMARTS) is 1.